The summed E-state index contributed by atoms with van der Waals surface area (Å²) in [7, 11) is 1.42. The van der Waals surface area contributed by atoms with Gasteiger partial charge in [0.1, 0.15) is 6.33 Å². The zero-order valence-electron chi connectivity index (χ0n) is 28.9. The van der Waals surface area contributed by atoms with E-state index in [1.165, 1.54) is 26.3 Å². The van der Waals surface area contributed by atoms with E-state index in [0.717, 1.165) is 85.2 Å². The number of hydrogen-bond acceptors (Lipinski definition) is 8. The SMILES string of the molecule is C=C(C)[C@H]1CCC(COC(=O)N(C(=O)CCCCCCC/C=C\C/C=C\CCCCC)C(=O)c2ncn3c(=O)n(C)nnc23)C(C)C1. The molecule has 0 aliphatic heterocycles. The molecule has 3 atom stereocenters. The number of fused-ring (bicyclic) bond motifs is 1. The van der Waals surface area contributed by atoms with Crippen molar-refractivity contribution in [1.29, 1.82) is 0 Å². The Morgan fingerprint density at radius 2 is 1.70 bits per heavy atom. The molecular weight excluding hydrogens is 596 g/mol. The molecule has 2 aromatic rings. The van der Waals surface area contributed by atoms with Gasteiger partial charge >= 0.3 is 11.8 Å². The van der Waals surface area contributed by atoms with Crippen LogP contribution in [-0.4, -0.2) is 53.8 Å². The Balaban J connectivity index is 1.53. The van der Waals surface area contributed by atoms with Crippen molar-refractivity contribution >= 4 is 23.6 Å². The normalized spacial score (nSPS) is 18.3. The summed E-state index contributed by atoms with van der Waals surface area (Å²) in [6.45, 7) is 10.6. The number of rotatable bonds is 18. The smallest absolute Gasteiger partial charge is 0.423 e. The molecule has 47 heavy (non-hydrogen) atoms. The maximum Gasteiger partial charge on any atom is 0.423 e. The number of nitrogens with zero attached hydrogens (tertiary/aromatic N) is 6. The first-order valence-corrected chi connectivity index (χ1v) is 17.4. The molecule has 11 heteroatoms. The van der Waals surface area contributed by atoms with Crippen LogP contribution in [0.3, 0.4) is 0 Å². The maximum absolute atomic E-state index is 13.6. The Morgan fingerprint density at radius 3 is 2.38 bits per heavy atom. The Hall–Kier alpha value is -3.89. The number of aryl methyl sites for hydroxylation is 1. The van der Waals surface area contributed by atoms with Gasteiger partial charge in [-0.25, -0.2) is 19.0 Å². The first-order chi connectivity index (χ1) is 22.6. The van der Waals surface area contributed by atoms with Crippen molar-refractivity contribution in [1.82, 2.24) is 29.3 Å². The second-order valence-electron chi connectivity index (χ2n) is 13.0. The van der Waals surface area contributed by atoms with Gasteiger partial charge in [-0.05, 0) is 82.5 Å². The van der Waals surface area contributed by atoms with Crippen LogP contribution in [0.25, 0.3) is 5.65 Å². The van der Waals surface area contributed by atoms with Crippen molar-refractivity contribution in [2.45, 2.75) is 117 Å². The monoisotopic (exact) mass is 650 g/mol. The van der Waals surface area contributed by atoms with E-state index >= 15 is 0 Å². The third-order valence-corrected chi connectivity index (χ3v) is 9.14. The van der Waals surface area contributed by atoms with Gasteiger partial charge in [0.15, 0.2) is 11.3 Å². The average molecular weight is 651 g/mol. The second kappa shape index (κ2) is 19.7. The van der Waals surface area contributed by atoms with Gasteiger partial charge in [0.25, 0.3) is 5.91 Å². The molecule has 0 radical (unpaired) electrons. The fourth-order valence-electron chi connectivity index (χ4n) is 6.03. The van der Waals surface area contributed by atoms with Crippen LogP contribution in [0.5, 0.6) is 0 Å². The fourth-order valence-corrected chi connectivity index (χ4v) is 6.03. The molecule has 0 bridgehead atoms. The minimum atomic E-state index is -1.03. The van der Waals surface area contributed by atoms with Crippen LogP contribution in [0.1, 0.15) is 128 Å². The molecular formula is C36H54N6O5. The summed E-state index contributed by atoms with van der Waals surface area (Å²) in [5.74, 6) is -0.780. The number of hydrogen-bond donors (Lipinski definition) is 0. The number of carbonyl (C=O) groups excluding carboxylic acids is 3. The lowest BCUT2D eigenvalue weighted by atomic mass is 9.73. The molecule has 3 rings (SSSR count). The first-order valence-electron chi connectivity index (χ1n) is 17.4. The zero-order chi connectivity index (χ0) is 34.2. The van der Waals surface area contributed by atoms with E-state index in [1.54, 1.807) is 0 Å². The molecule has 0 spiro atoms. The van der Waals surface area contributed by atoms with Crippen LogP contribution < -0.4 is 5.69 Å². The van der Waals surface area contributed by atoms with Crippen molar-refractivity contribution in [2.24, 2.45) is 24.8 Å². The topological polar surface area (TPSA) is 129 Å². The Kier molecular flexibility index (Phi) is 15.7. The van der Waals surface area contributed by atoms with E-state index in [4.69, 9.17) is 4.74 Å². The highest BCUT2D eigenvalue weighted by Crippen LogP contribution is 2.37. The molecule has 2 heterocycles. The van der Waals surface area contributed by atoms with E-state index in [0.29, 0.717) is 23.2 Å². The third-order valence-electron chi connectivity index (χ3n) is 9.14. The number of imidazole rings is 1. The standard InChI is InChI=1S/C36H54N6O5/c1-6-7-8-9-10-11-12-13-14-15-16-17-18-19-20-21-31(43)42(34(44)32-33-38-39-40(5)35(45)41(33)26-37-32)36(46)47-25-30-23-22-29(27(2)3)24-28(30)4/h10-11,13-14,26,28-30H,2,6-9,12,15-25H2,1,3-5H3/b11-10-,14-13-/t28?,29-,30?/m0/s1. The molecule has 0 aromatic carbocycles. The Labute approximate surface area is 279 Å². The predicted octanol–water partition coefficient (Wildman–Crippen LogP) is 7.37. The van der Waals surface area contributed by atoms with Crippen molar-refractivity contribution in [2.75, 3.05) is 6.61 Å². The highest BCUT2D eigenvalue weighted by Gasteiger charge is 2.35. The van der Waals surface area contributed by atoms with Gasteiger partial charge in [-0.2, -0.15) is 9.58 Å². The lowest BCUT2D eigenvalue weighted by Gasteiger charge is -2.34. The summed E-state index contributed by atoms with van der Waals surface area (Å²) >= 11 is 0. The molecule has 0 N–H and O–H groups in total. The van der Waals surface area contributed by atoms with Crippen LogP contribution in [0.4, 0.5) is 4.79 Å². The molecule has 3 amide bonds. The minimum Gasteiger partial charge on any atom is -0.448 e. The molecule has 1 fully saturated rings. The first kappa shape index (κ1) is 37.6. The van der Waals surface area contributed by atoms with E-state index < -0.39 is 23.6 Å². The quantitative estimate of drug-likeness (QED) is 0.121. The van der Waals surface area contributed by atoms with Gasteiger partial charge < -0.3 is 4.74 Å². The summed E-state index contributed by atoms with van der Waals surface area (Å²) in [6.07, 6.45) is 23.2. The van der Waals surface area contributed by atoms with Gasteiger partial charge in [-0.15, -0.1) is 5.10 Å². The van der Waals surface area contributed by atoms with Crippen molar-refractivity contribution in [3.63, 3.8) is 0 Å². The highest BCUT2D eigenvalue weighted by atomic mass is 16.6. The summed E-state index contributed by atoms with van der Waals surface area (Å²) in [6, 6.07) is 0. The van der Waals surface area contributed by atoms with Gasteiger partial charge in [0.2, 0.25) is 5.91 Å². The van der Waals surface area contributed by atoms with Crippen LogP contribution in [-0.2, 0) is 16.6 Å². The highest BCUT2D eigenvalue weighted by molar-refractivity contribution is 6.15. The molecule has 11 nitrogen and oxygen atoms in total. The van der Waals surface area contributed by atoms with E-state index in [1.807, 2.05) is 6.92 Å². The lowest BCUT2D eigenvalue weighted by Crippen LogP contribution is -2.43. The van der Waals surface area contributed by atoms with Crippen molar-refractivity contribution < 1.29 is 19.1 Å². The Bertz CT molecular complexity index is 1460. The van der Waals surface area contributed by atoms with E-state index in [-0.39, 0.29) is 30.3 Å². The van der Waals surface area contributed by atoms with Gasteiger partial charge in [-0.3, -0.25) is 9.59 Å². The largest absolute Gasteiger partial charge is 0.448 e. The van der Waals surface area contributed by atoms with Crippen LogP contribution in [0.2, 0.25) is 0 Å². The molecule has 1 aliphatic rings. The third kappa shape index (κ3) is 11.4. The predicted molar refractivity (Wildman–Crippen MR) is 183 cm³/mol. The molecule has 0 saturated heterocycles. The molecule has 258 valence electrons. The van der Waals surface area contributed by atoms with E-state index in [2.05, 4.69) is 60.0 Å². The summed E-state index contributed by atoms with van der Waals surface area (Å²) < 4.78 is 7.66. The molecule has 2 unspecified atom stereocenters. The van der Waals surface area contributed by atoms with Gasteiger partial charge in [0, 0.05) is 13.5 Å². The van der Waals surface area contributed by atoms with Crippen molar-refractivity contribution in [3.05, 3.63) is 59.0 Å². The number of unbranched alkanes of at least 4 members (excludes halogenated alkanes) is 8. The average Bonchev–Trinajstić information content (AvgIpc) is 3.49. The van der Waals surface area contributed by atoms with Crippen LogP contribution in [0, 0.1) is 17.8 Å². The fraction of sp³-hybridized carbons (Fsp3) is 0.639. The number of carbonyl (C=O) groups is 3. The van der Waals surface area contributed by atoms with Crippen LogP contribution in [0.15, 0.2) is 47.6 Å². The minimum absolute atomic E-state index is 0.00465. The summed E-state index contributed by atoms with van der Waals surface area (Å²) in [5, 5.41) is 7.63. The number of aromatic nitrogens is 5. The van der Waals surface area contributed by atoms with Gasteiger partial charge in [-0.1, -0.05) is 87.6 Å². The number of amides is 3. The maximum atomic E-state index is 13.6. The van der Waals surface area contributed by atoms with E-state index in [9.17, 15) is 19.2 Å². The summed E-state index contributed by atoms with van der Waals surface area (Å²) in [4.78, 5) is 57.4. The molecule has 2 aromatic heterocycles. The number of imide groups is 3. The lowest BCUT2D eigenvalue weighted by molar-refractivity contribution is -0.127. The molecule has 1 saturated carbocycles. The second-order valence-corrected chi connectivity index (χ2v) is 13.0. The number of ether oxygens (including phenoxy) is 1. The number of allylic oxidation sites excluding steroid dienone is 5. The Morgan fingerprint density at radius 1 is 1.02 bits per heavy atom. The summed E-state index contributed by atoms with van der Waals surface area (Å²) in [5.41, 5.74) is 0.156. The van der Waals surface area contributed by atoms with Crippen molar-refractivity contribution in [3.8, 4) is 0 Å². The molecule has 1 aliphatic carbocycles. The van der Waals surface area contributed by atoms with Crippen LogP contribution >= 0.6 is 0 Å². The van der Waals surface area contributed by atoms with Gasteiger partial charge in [0.05, 0.1) is 6.61 Å². The zero-order valence-corrected chi connectivity index (χ0v) is 28.9.